The highest BCUT2D eigenvalue weighted by Crippen LogP contribution is 2.37. The second kappa shape index (κ2) is 3.69. The molecule has 1 aliphatic heterocycles. The molecule has 78 valence electrons. The van der Waals surface area contributed by atoms with Gasteiger partial charge in [0, 0.05) is 15.0 Å². The molecule has 0 saturated carbocycles. The van der Waals surface area contributed by atoms with Crippen molar-refractivity contribution in [2.24, 2.45) is 0 Å². The number of nitrogens with zero attached hydrogens (tertiary/aromatic N) is 1. The van der Waals surface area contributed by atoms with Crippen LogP contribution in [0.1, 0.15) is 47.5 Å². The molecular formula is C11H22IN. The fourth-order valence-electron chi connectivity index (χ4n) is 2.28. The zero-order chi connectivity index (χ0) is 10.3. The number of halogens is 1. The quantitative estimate of drug-likeness (QED) is 0.529. The van der Waals surface area contributed by atoms with Gasteiger partial charge in [0.2, 0.25) is 0 Å². The highest BCUT2D eigenvalue weighted by atomic mass is 127. The summed E-state index contributed by atoms with van der Waals surface area (Å²) in [4.78, 5) is 2.67. The molecule has 1 aliphatic rings. The lowest BCUT2D eigenvalue weighted by molar-refractivity contribution is 0.108. The van der Waals surface area contributed by atoms with Gasteiger partial charge in [-0.2, -0.15) is 0 Å². The molecule has 0 aromatic carbocycles. The summed E-state index contributed by atoms with van der Waals surface area (Å²) in [6, 6.07) is 0.757. The van der Waals surface area contributed by atoms with Crippen LogP contribution in [0.3, 0.4) is 0 Å². The van der Waals surface area contributed by atoms with Gasteiger partial charge in [-0.25, -0.2) is 0 Å². The molecule has 13 heavy (non-hydrogen) atoms. The Morgan fingerprint density at radius 1 is 1.15 bits per heavy atom. The van der Waals surface area contributed by atoms with E-state index in [1.807, 2.05) is 0 Å². The summed E-state index contributed by atoms with van der Waals surface area (Å²) >= 11 is 2.59. The van der Waals surface area contributed by atoms with Crippen LogP contribution >= 0.6 is 22.6 Å². The van der Waals surface area contributed by atoms with Gasteiger partial charge in [-0.15, -0.1) is 0 Å². The standard InChI is InChI=1S/C11H22IN/c1-10(2,3)13-8-6-7-9(13)11(4,5)12/h9H,6-8H2,1-5H3. The summed E-state index contributed by atoms with van der Waals surface area (Å²) in [5.41, 5.74) is 0.337. The molecule has 1 fully saturated rings. The van der Waals surface area contributed by atoms with E-state index in [2.05, 4.69) is 62.1 Å². The van der Waals surface area contributed by atoms with Crippen LogP contribution in [0.4, 0.5) is 0 Å². The monoisotopic (exact) mass is 295 g/mol. The van der Waals surface area contributed by atoms with E-state index < -0.39 is 0 Å². The fourth-order valence-corrected chi connectivity index (χ4v) is 2.93. The van der Waals surface area contributed by atoms with E-state index in [1.54, 1.807) is 0 Å². The third-order valence-corrected chi connectivity index (χ3v) is 3.63. The summed E-state index contributed by atoms with van der Waals surface area (Å²) in [7, 11) is 0. The van der Waals surface area contributed by atoms with Gasteiger partial charge in [-0.1, -0.05) is 22.6 Å². The van der Waals surface area contributed by atoms with Crippen LogP contribution in [0.5, 0.6) is 0 Å². The molecule has 0 spiro atoms. The molecule has 0 bridgehead atoms. The summed E-state index contributed by atoms with van der Waals surface area (Å²) in [5, 5.41) is 0. The van der Waals surface area contributed by atoms with E-state index in [0.29, 0.717) is 8.96 Å². The SMILES string of the molecule is CC(C)(I)C1CCCN1C(C)(C)C. The van der Waals surface area contributed by atoms with E-state index in [1.165, 1.54) is 19.4 Å². The van der Waals surface area contributed by atoms with E-state index >= 15 is 0 Å². The third-order valence-electron chi connectivity index (χ3n) is 2.91. The Kier molecular flexibility index (Phi) is 3.34. The molecule has 1 nitrogen and oxygen atoms in total. The predicted molar refractivity (Wildman–Crippen MR) is 67.6 cm³/mol. The average Bonchev–Trinajstić information content (AvgIpc) is 2.27. The van der Waals surface area contributed by atoms with Gasteiger partial charge < -0.3 is 0 Å². The Morgan fingerprint density at radius 2 is 1.69 bits per heavy atom. The third kappa shape index (κ3) is 2.82. The summed E-state index contributed by atoms with van der Waals surface area (Å²) in [5.74, 6) is 0. The highest BCUT2D eigenvalue weighted by Gasteiger charge is 2.40. The zero-order valence-corrected chi connectivity index (χ0v) is 11.7. The smallest absolute Gasteiger partial charge is 0.0321 e. The first-order valence-corrected chi connectivity index (χ1v) is 6.26. The number of alkyl halides is 1. The predicted octanol–water partition coefficient (Wildman–Crippen LogP) is 3.46. The molecule has 1 unspecified atom stereocenters. The second-order valence-corrected chi connectivity index (χ2v) is 8.37. The number of rotatable bonds is 1. The summed E-state index contributed by atoms with van der Waals surface area (Å²) in [6.07, 6.45) is 2.74. The number of hydrogen-bond acceptors (Lipinski definition) is 1. The summed E-state index contributed by atoms with van der Waals surface area (Å²) in [6.45, 7) is 13.0. The van der Waals surface area contributed by atoms with Crippen LogP contribution < -0.4 is 0 Å². The molecule has 0 amide bonds. The van der Waals surface area contributed by atoms with Crippen LogP contribution in [-0.2, 0) is 0 Å². The van der Waals surface area contributed by atoms with Crippen molar-refractivity contribution in [1.29, 1.82) is 0 Å². The Labute approximate surface area is 96.4 Å². The van der Waals surface area contributed by atoms with Crippen LogP contribution in [0.2, 0.25) is 0 Å². The minimum Gasteiger partial charge on any atom is -0.294 e. The molecule has 1 rings (SSSR count). The molecule has 1 heterocycles. The first kappa shape index (κ1) is 11.8. The summed E-state index contributed by atoms with van der Waals surface area (Å²) < 4.78 is 0.404. The minimum absolute atomic E-state index is 0.337. The maximum absolute atomic E-state index is 2.67. The van der Waals surface area contributed by atoms with Gasteiger partial charge in [-0.05, 0) is 54.0 Å². The number of hydrogen-bond donors (Lipinski definition) is 0. The van der Waals surface area contributed by atoms with Gasteiger partial charge in [0.25, 0.3) is 0 Å². The van der Waals surface area contributed by atoms with E-state index in [4.69, 9.17) is 0 Å². The van der Waals surface area contributed by atoms with Gasteiger partial charge in [0.1, 0.15) is 0 Å². The van der Waals surface area contributed by atoms with Gasteiger partial charge in [-0.3, -0.25) is 4.90 Å². The first-order valence-electron chi connectivity index (χ1n) is 5.18. The van der Waals surface area contributed by atoms with Gasteiger partial charge in [0.15, 0.2) is 0 Å². The molecule has 0 aliphatic carbocycles. The molecular weight excluding hydrogens is 273 g/mol. The molecule has 0 N–H and O–H groups in total. The van der Waals surface area contributed by atoms with E-state index in [-0.39, 0.29) is 0 Å². The van der Waals surface area contributed by atoms with Gasteiger partial charge in [0.05, 0.1) is 0 Å². The van der Waals surface area contributed by atoms with Crippen molar-refractivity contribution < 1.29 is 0 Å². The lowest BCUT2D eigenvalue weighted by atomic mass is 9.97. The maximum atomic E-state index is 2.67. The topological polar surface area (TPSA) is 3.24 Å². The van der Waals surface area contributed by atoms with Crippen molar-refractivity contribution in [3.8, 4) is 0 Å². The lowest BCUT2D eigenvalue weighted by Crippen LogP contribution is -2.50. The molecule has 0 aromatic rings. The fraction of sp³-hybridized carbons (Fsp3) is 1.00. The highest BCUT2D eigenvalue weighted by molar-refractivity contribution is 14.1. The Bertz CT molecular complexity index is 156. The Morgan fingerprint density at radius 3 is 2.00 bits per heavy atom. The lowest BCUT2D eigenvalue weighted by Gasteiger charge is -2.42. The van der Waals surface area contributed by atoms with Crippen molar-refractivity contribution in [2.45, 2.75) is 62.5 Å². The molecule has 0 aromatic heterocycles. The largest absolute Gasteiger partial charge is 0.294 e. The molecule has 1 atom stereocenters. The molecule has 1 saturated heterocycles. The van der Waals surface area contributed by atoms with E-state index in [0.717, 1.165) is 6.04 Å². The maximum Gasteiger partial charge on any atom is 0.0321 e. The Hall–Kier alpha value is 0.690. The van der Waals surface area contributed by atoms with Crippen LogP contribution in [-0.4, -0.2) is 26.4 Å². The van der Waals surface area contributed by atoms with Crippen molar-refractivity contribution in [2.75, 3.05) is 6.54 Å². The Balaban J connectivity index is 2.76. The van der Waals surface area contributed by atoms with E-state index in [9.17, 15) is 0 Å². The van der Waals surface area contributed by atoms with Crippen molar-refractivity contribution >= 4 is 22.6 Å². The number of likely N-dealkylation sites (tertiary alicyclic amines) is 1. The zero-order valence-electron chi connectivity index (χ0n) is 9.52. The van der Waals surface area contributed by atoms with Crippen LogP contribution in [0, 0.1) is 0 Å². The van der Waals surface area contributed by atoms with Crippen molar-refractivity contribution in [1.82, 2.24) is 4.90 Å². The minimum atomic E-state index is 0.337. The van der Waals surface area contributed by atoms with Crippen molar-refractivity contribution in [3.63, 3.8) is 0 Å². The molecule has 0 radical (unpaired) electrons. The molecule has 2 heteroatoms. The van der Waals surface area contributed by atoms with Crippen LogP contribution in [0.25, 0.3) is 0 Å². The second-order valence-electron chi connectivity index (χ2n) is 5.59. The first-order chi connectivity index (χ1) is 5.73. The van der Waals surface area contributed by atoms with Gasteiger partial charge >= 0.3 is 0 Å². The van der Waals surface area contributed by atoms with Crippen LogP contribution in [0.15, 0.2) is 0 Å². The normalized spacial score (nSPS) is 26.8. The average molecular weight is 295 g/mol. The van der Waals surface area contributed by atoms with Crippen molar-refractivity contribution in [3.05, 3.63) is 0 Å².